The lowest BCUT2D eigenvalue weighted by Crippen LogP contribution is -2.17. The summed E-state index contributed by atoms with van der Waals surface area (Å²) in [6, 6.07) is 14.6. The lowest BCUT2D eigenvalue weighted by molar-refractivity contribution is 0.441. The van der Waals surface area contributed by atoms with Crippen LogP contribution in [-0.4, -0.2) is 11.2 Å². The number of hydrogen-bond acceptors (Lipinski definition) is 3. The molecule has 3 aromatic rings. The van der Waals surface area contributed by atoms with Crippen molar-refractivity contribution in [2.75, 3.05) is 0 Å². The lowest BCUT2D eigenvalue weighted by Gasteiger charge is -2.05. The smallest absolute Gasteiger partial charge is 0.174 e. The van der Waals surface area contributed by atoms with E-state index < -0.39 is 0 Å². The van der Waals surface area contributed by atoms with Gasteiger partial charge in [-0.1, -0.05) is 41.1 Å². The summed E-state index contributed by atoms with van der Waals surface area (Å²) in [5, 5.41) is 5.18. The van der Waals surface area contributed by atoms with E-state index in [9.17, 15) is 0 Å². The standard InChI is InChI=1S/C17H18N2O/c1-11-3-6-14(7-4-11)17-15-10-13(9-12(2)18)5-8-16(15)19-20-17/h3-8,10,12H,9,18H2,1-2H3. The molecule has 20 heavy (non-hydrogen) atoms. The summed E-state index contributed by atoms with van der Waals surface area (Å²) >= 11 is 0. The van der Waals surface area contributed by atoms with Gasteiger partial charge in [0.25, 0.3) is 0 Å². The molecule has 1 heterocycles. The second kappa shape index (κ2) is 5.10. The van der Waals surface area contributed by atoms with Gasteiger partial charge in [0.15, 0.2) is 5.76 Å². The predicted molar refractivity (Wildman–Crippen MR) is 81.5 cm³/mol. The van der Waals surface area contributed by atoms with Gasteiger partial charge in [-0.05, 0) is 38.0 Å². The number of aromatic nitrogens is 1. The number of benzene rings is 2. The summed E-state index contributed by atoms with van der Waals surface area (Å²) in [4.78, 5) is 0. The third-order valence-electron chi connectivity index (χ3n) is 3.41. The Kier molecular flexibility index (Phi) is 3.28. The topological polar surface area (TPSA) is 52.0 Å². The molecule has 0 bridgehead atoms. The van der Waals surface area contributed by atoms with Gasteiger partial charge in [-0.2, -0.15) is 0 Å². The first kappa shape index (κ1) is 12.9. The van der Waals surface area contributed by atoms with Crippen molar-refractivity contribution in [2.45, 2.75) is 26.3 Å². The number of nitrogens with zero attached hydrogens (tertiary/aromatic N) is 1. The van der Waals surface area contributed by atoms with Crippen LogP contribution < -0.4 is 5.73 Å². The summed E-state index contributed by atoms with van der Waals surface area (Å²) in [5.74, 6) is 0.825. The lowest BCUT2D eigenvalue weighted by atomic mass is 10.0. The van der Waals surface area contributed by atoms with E-state index in [4.69, 9.17) is 10.3 Å². The summed E-state index contributed by atoms with van der Waals surface area (Å²) in [6.07, 6.45) is 0.856. The van der Waals surface area contributed by atoms with Crippen molar-refractivity contribution in [3.8, 4) is 11.3 Å². The van der Waals surface area contributed by atoms with Crippen molar-refractivity contribution in [1.29, 1.82) is 0 Å². The van der Waals surface area contributed by atoms with E-state index in [0.29, 0.717) is 0 Å². The van der Waals surface area contributed by atoms with Crippen LogP contribution in [0.5, 0.6) is 0 Å². The Morgan fingerprint density at radius 2 is 1.90 bits per heavy atom. The molecule has 3 heteroatoms. The second-order valence-electron chi connectivity index (χ2n) is 5.41. The first-order valence-corrected chi connectivity index (χ1v) is 6.84. The summed E-state index contributed by atoms with van der Waals surface area (Å²) < 4.78 is 5.52. The highest BCUT2D eigenvalue weighted by molar-refractivity contribution is 5.92. The maximum absolute atomic E-state index is 5.87. The zero-order valence-corrected chi connectivity index (χ0v) is 11.8. The summed E-state index contributed by atoms with van der Waals surface area (Å²) in [7, 11) is 0. The number of nitrogens with two attached hydrogens (primary N) is 1. The van der Waals surface area contributed by atoms with Crippen LogP contribution in [0.25, 0.3) is 22.2 Å². The minimum atomic E-state index is 0.148. The van der Waals surface area contributed by atoms with Crippen molar-refractivity contribution < 1.29 is 4.52 Å². The molecule has 1 unspecified atom stereocenters. The van der Waals surface area contributed by atoms with E-state index >= 15 is 0 Å². The van der Waals surface area contributed by atoms with Crippen LogP contribution in [0, 0.1) is 6.92 Å². The van der Waals surface area contributed by atoms with Gasteiger partial charge in [0.05, 0.1) is 0 Å². The Labute approximate surface area is 118 Å². The molecule has 0 aliphatic heterocycles. The van der Waals surface area contributed by atoms with E-state index in [0.717, 1.165) is 28.6 Å². The summed E-state index contributed by atoms with van der Waals surface area (Å²) in [6.45, 7) is 4.09. The molecule has 0 radical (unpaired) electrons. The van der Waals surface area contributed by atoms with E-state index in [1.54, 1.807) is 0 Å². The first-order chi connectivity index (χ1) is 9.63. The maximum Gasteiger partial charge on any atom is 0.174 e. The van der Waals surface area contributed by atoms with E-state index in [1.165, 1.54) is 11.1 Å². The van der Waals surface area contributed by atoms with Gasteiger partial charge in [0.2, 0.25) is 0 Å². The zero-order valence-electron chi connectivity index (χ0n) is 11.8. The molecule has 0 saturated carbocycles. The maximum atomic E-state index is 5.87. The fourth-order valence-corrected chi connectivity index (χ4v) is 2.40. The Hall–Kier alpha value is -2.13. The van der Waals surface area contributed by atoms with Crippen molar-refractivity contribution in [2.24, 2.45) is 5.73 Å². The summed E-state index contributed by atoms with van der Waals surface area (Å²) in [5.41, 5.74) is 10.2. The van der Waals surface area contributed by atoms with Crippen LogP contribution in [-0.2, 0) is 6.42 Å². The highest BCUT2D eigenvalue weighted by Gasteiger charge is 2.11. The highest BCUT2D eigenvalue weighted by atomic mass is 16.5. The van der Waals surface area contributed by atoms with Gasteiger partial charge in [-0.25, -0.2) is 0 Å². The van der Waals surface area contributed by atoms with Crippen LogP contribution in [0.15, 0.2) is 47.0 Å². The molecule has 0 aliphatic carbocycles. The van der Waals surface area contributed by atoms with Gasteiger partial charge in [0, 0.05) is 17.0 Å². The van der Waals surface area contributed by atoms with E-state index in [1.807, 2.05) is 13.0 Å². The minimum Gasteiger partial charge on any atom is -0.355 e. The molecule has 3 nitrogen and oxygen atoms in total. The molecule has 1 atom stereocenters. The third-order valence-corrected chi connectivity index (χ3v) is 3.41. The average molecular weight is 266 g/mol. The molecule has 0 aliphatic rings. The average Bonchev–Trinajstić information content (AvgIpc) is 2.82. The second-order valence-corrected chi connectivity index (χ2v) is 5.41. The molecule has 0 spiro atoms. The van der Waals surface area contributed by atoms with Gasteiger partial charge >= 0.3 is 0 Å². The molecule has 0 fully saturated rings. The molecule has 3 rings (SSSR count). The first-order valence-electron chi connectivity index (χ1n) is 6.84. The van der Waals surface area contributed by atoms with Crippen molar-refractivity contribution >= 4 is 10.9 Å². The van der Waals surface area contributed by atoms with Gasteiger partial charge in [0.1, 0.15) is 5.52 Å². The molecule has 0 saturated heterocycles. The molecule has 2 N–H and O–H groups in total. The number of fused-ring (bicyclic) bond motifs is 1. The fourth-order valence-electron chi connectivity index (χ4n) is 2.40. The van der Waals surface area contributed by atoms with Crippen LogP contribution in [0.4, 0.5) is 0 Å². The predicted octanol–water partition coefficient (Wildman–Crippen LogP) is 3.69. The normalized spacial score (nSPS) is 12.8. The van der Waals surface area contributed by atoms with Crippen LogP contribution in [0.3, 0.4) is 0 Å². The monoisotopic (exact) mass is 266 g/mol. The molecular weight excluding hydrogens is 248 g/mol. The number of aryl methyl sites for hydroxylation is 1. The minimum absolute atomic E-state index is 0.148. The fraction of sp³-hybridized carbons (Fsp3) is 0.235. The van der Waals surface area contributed by atoms with Crippen LogP contribution in [0.1, 0.15) is 18.1 Å². The number of hydrogen-bond donors (Lipinski definition) is 1. The quantitative estimate of drug-likeness (QED) is 0.786. The Morgan fingerprint density at radius 1 is 1.15 bits per heavy atom. The zero-order chi connectivity index (χ0) is 14.1. The van der Waals surface area contributed by atoms with Gasteiger partial charge < -0.3 is 10.3 Å². The van der Waals surface area contributed by atoms with Crippen LogP contribution in [0.2, 0.25) is 0 Å². The third kappa shape index (κ3) is 2.45. The molecular formula is C17H18N2O. The Balaban J connectivity index is 2.09. The van der Waals surface area contributed by atoms with E-state index in [2.05, 4.69) is 48.5 Å². The molecule has 1 aromatic heterocycles. The van der Waals surface area contributed by atoms with Crippen molar-refractivity contribution in [3.63, 3.8) is 0 Å². The molecule has 2 aromatic carbocycles. The van der Waals surface area contributed by atoms with Gasteiger partial charge in [-0.15, -0.1) is 0 Å². The molecule has 102 valence electrons. The van der Waals surface area contributed by atoms with Crippen LogP contribution >= 0.6 is 0 Å². The SMILES string of the molecule is Cc1ccc(-c2onc3ccc(CC(C)N)cc23)cc1. The van der Waals surface area contributed by atoms with Crippen molar-refractivity contribution in [1.82, 2.24) is 5.16 Å². The van der Waals surface area contributed by atoms with Gasteiger partial charge in [-0.3, -0.25) is 0 Å². The Bertz CT molecular complexity index is 726. The van der Waals surface area contributed by atoms with Crippen molar-refractivity contribution in [3.05, 3.63) is 53.6 Å². The van der Waals surface area contributed by atoms with E-state index in [-0.39, 0.29) is 6.04 Å². The molecule has 0 amide bonds. The largest absolute Gasteiger partial charge is 0.355 e. The highest BCUT2D eigenvalue weighted by Crippen LogP contribution is 2.29. The Morgan fingerprint density at radius 3 is 2.60 bits per heavy atom. The number of rotatable bonds is 3.